The lowest BCUT2D eigenvalue weighted by atomic mass is 9.57. The second-order valence-corrected chi connectivity index (χ2v) is 8.38. The lowest BCUT2D eigenvalue weighted by molar-refractivity contribution is 0.222. The van der Waals surface area contributed by atoms with E-state index in [9.17, 15) is 0 Å². The SMILES string of the molecule is NCC1CCC(C(c2ccccc2)(c2ccccc2)c2ccccc2Cl)CC1. The van der Waals surface area contributed by atoms with Crippen LogP contribution in [0.5, 0.6) is 0 Å². The third-order valence-corrected chi connectivity index (χ3v) is 6.88. The van der Waals surface area contributed by atoms with Crippen molar-refractivity contribution in [1.82, 2.24) is 0 Å². The predicted octanol–water partition coefficient (Wildman–Crippen LogP) is 6.44. The standard InChI is InChI=1S/C26H28ClN/c27-25-14-8-7-13-24(25)26(21-9-3-1-4-10-21,22-11-5-2-6-12-22)23-17-15-20(19-28)16-18-23/h1-14,20,23H,15-19,28H2. The second-order valence-electron chi connectivity index (χ2n) is 7.97. The molecule has 1 aliphatic carbocycles. The topological polar surface area (TPSA) is 26.0 Å². The molecule has 0 unspecified atom stereocenters. The normalized spacial score (nSPS) is 20.1. The summed E-state index contributed by atoms with van der Waals surface area (Å²) >= 11 is 6.86. The van der Waals surface area contributed by atoms with E-state index in [1.807, 2.05) is 12.1 Å². The number of hydrogen-bond acceptors (Lipinski definition) is 1. The van der Waals surface area contributed by atoms with Crippen LogP contribution in [0.25, 0.3) is 0 Å². The van der Waals surface area contributed by atoms with E-state index in [-0.39, 0.29) is 5.41 Å². The number of hydrogen-bond donors (Lipinski definition) is 1. The minimum absolute atomic E-state index is 0.250. The van der Waals surface area contributed by atoms with Crippen LogP contribution in [-0.2, 0) is 5.41 Å². The number of nitrogens with two attached hydrogens (primary N) is 1. The molecule has 3 aromatic rings. The maximum absolute atomic E-state index is 6.86. The van der Waals surface area contributed by atoms with Gasteiger partial charge in [-0.1, -0.05) is 90.5 Å². The van der Waals surface area contributed by atoms with Crippen molar-refractivity contribution in [3.63, 3.8) is 0 Å². The highest BCUT2D eigenvalue weighted by Gasteiger charge is 2.45. The van der Waals surface area contributed by atoms with Crippen molar-refractivity contribution in [2.75, 3.05) is 6.54 Å². The van der Waals surface area contributed by atoms with Crippen LogP contribution < -0.4 is 5.73 Å². The fourth-order valence-corrected chi connectivity index (χ4v) is 5.47. The van der Waals surface area contributed by atoms with Gasteiger partial charge in [0.15, 0.2) is 0 Å². The summed E-state index contributed by atoms with van der Waals surface area (Å²) in [6, 6.07) is 30.3. The zero-order chi connectivity index (χ0) is 19.4. The lowest BCUT2D eigenvalue weighted by Gasteiger charge is -2.46. The summed E-state index contributed by atoms with van der Waals surface area (Å²) in [6.45, 7) is 0.794. The molecule has 1 nitrogen and oxygen atoms in total. The molecule has 0 aromatic heterocycles. The predicted molar refractivity (Wildman–Crippen MR) is 119 cm³/mol. The molecule has 3 aromatic carbocycles. The van der Waals surface area contributed by atoms with Crippen molar-refractivity contribution >= 4 is 11.6 Å². The van der Waals surface area contributed by atoms with Crippen LogP contribution in [0.1, 0.15) is 42.4 Å². The summed E-state index contributed by atoms with van der Waals surface area (Å²) in [5, 5.41) is 0.844. The fraction of sp³-hybridized carbons (Fsp3) is 0.308. The van der Waals surface area contributed by atoms with E-state index in [1.54, 1.807) is 0 Å². The number of benzene rings is 3. The van der Waals surface area contributed by atoms with Crippen molar-refractivity contribution in [2.24, 2.45) is 17.6 Å². The molecule has 28 heavy (non-hydrogen) atoms. The van der Waals surface area contributed by atoms with Gasteiger partial charge in [-0.25, -0.2) is 0 Å². The highest BCUT2D eigenvalue weighted by atomic mass is 35.5. The van der Waals surface area contributed by atoms with Gasteiger partial charge in [-0.3, -0.25) is 0 Å². The first-order valence-electron chi connectivity index (χ1n) is 10.3. The highest BCUT2D eigenvalue weighted by molar-refractivity contribution is 6.31. The zero-order valence-corrected chi connectivity index (χ0v) is 17.0. The fourth-order valence-electron chi connectivity index (χ4n) is 5.18. The first-order chi connectivity index (χ1) is 13.8. The molecule has 1 aliphatic rings. The Hall–Kier alpha value is -2.09. The Morgan fingerprint density at radius 1 is 0.714 bits per heavy atom. The molecule has 0 spiro atoms. The van der Waals surface area contributed by atoms with Crippen molar-refractivity contribution in [3.8, 4) is 0 Å². The molecule has 0 atom stereocenters. The van der Waals surface area contributed by atoms with Gasteiger partial charge in [0.2, 0.25) is 0 Å². The van der Waals surface area contributed by atoms with Crippen molar-refractivity contribution < 1.29 is 0 Å². The summed E-state index contributed by atoms with van der Waals surface area (Å²) in [6.07, 6.45) is 4.70. The van der Waals surface area contributed by atoms with Crippen molar-refractivity contribution in [2.45, 2.75) is 31.1 Å². The molecule has 144 valence electrons. The summed E-state index contributed by atoms with van der Waals surface area (Å²) in [5.41, 5.74) is 9.61. The molecule has 0 aliphatic heterocycles. The zero-order valence-electron chi connectivity index (χ0n) is 16.2. The average Bonchev–Trinajstić information content (AvgIpc) is 2.77. The molecule has 0 bridgehead atoms. The van der Waals surface area contributed by atoms with E-state index in [1.165, 1.54) is 29.5 Å². The summed E-state index contributed by atoms with van der Waals surface area (Å²) in [5.74, 6) is 1.13. The molecule has 1 saturated carbocycles. The molecule has 2 N–H and O–H groups in total. The van der Waals surface area contributed by atoms with Crippen molar-refractivity contribution in [1.29, 1.82) is 0 Å². The monoisotopic (exact) mass is 389 g/mol. The van der Waals surface area contributed by atoms with Gasteiger partial charge in [0.05, 0.1) is 0 Å². The Labute approximate surface area is 173 Å². The minimum Gasteiger partial charge on any atom is -0.330 e. The molecular formula is C26H28ClN. The van der Waals surface area contributed by atoms with E-state index in [4.69, 9.17) is 17.3 Å². The van der Waals surface area contributed by atoms with Gasteiger partial charge >= 0.3 is 0 Å². The van der Waals surface area contributed by atoms with Crippen LogP contribution in [0.15, 0.2) is 84.9 Å². The third kappa shape index (κ3) is 3.38. The Balaban J connectivity index is 1.97. The molecule has 0 saturated heterocycles. The first kappa shape index (κ1) is 19.2. The summed E-state index contributed by atoms with van der Waals surface area (Å²) in [4.78, 5) is 0. The molecular weight excluding hydrogens is 362 g/mol. The second kappa shape index (κ2) is 8.51. The van der Waals surface area contributed by atoms with Crippen LogP contribution in [0.3, 0.4) is 0 Å². The van der Waals surface area contributed by atoms with Gasteiger partial charge in [0, 0.05) is 10.4 Å². The van der Waals surface area contributed by atoms with Crippen LogP contribution in [0.2, 0.25) is 5.02 Å². The van der Waals surface area contributed by atoms with Gasteiger partial charge in [-0.05, 0) is 66.8 Å². The maximum atomic E-state index is 6.86. The first-order valence-corrected chi connectivity index (χ1v) is 10.7. The van der Waals surface area contributed by atoms with Crippen LogP contribution in [0, 0.1) is 11.8 Å². The van der Waals surface area contributed by atoms with Gasteiger partial charge in [0.25, 0.3) is 0 Å². The lowest BCUT2D eigenvalue weighted by Crippen LogP contribution is -2.41. The van der Waals surface area contributed by atoms with Gasteiger partial charge in [-0.2, -0.15) is 0 Å². The quantitative estimate of drug-likeness (QED) is 0.499. The number of halogens is 1. The van der Waals surface area contributed by atoms with Crippen LogP contribution in [-0.4, -0.2) is 6.54 Å². The van der Waals surface area contributed by atoms with Gasteiger partial charge < -0.3 is 5.73 Å². The number of rotatable bonds is 5. The molecule has 4 rings (SSSR count). The summed E-state index contributed by atoms with van der Waals surface area (Å²) in [7, 11) is 0. The van der Waals surface area contributed by atoms with Gasteiger partial charge in [-0.15, -0.1) is 0 Å². The summed E-state index contributed by atoms with van der Waals surface area (Å²) < 4.78 is 0. The van der Waals surface area contributed by atoms with Crippen molar-refractivity contribution in [3.05, 3.63) is 107 Å². The van der Waals surface area contributed by atoms with E-state index in [2.05, 4.69) is 72.8 Å². The Bertz CT molecular complexity index is 843. The molecule has 0 radical (unpaired) electrons. The average molecular weight is 390 g/mol. The maximum Gasteiger partial charge on any atom is 0.0494 e. The molecule has 0 amide bonds. The Morgan fingerprint density at radius 3 is 1.71 bits per heavy atom. The third-order valence-electron chi connectivity index (χ3n) is 6.55. The Kier molecular flexibility index (Phi) is 5.85. The molecule has 1 fully saturated rings. The minimum atomic E-state index is -0.250. The Morgan fingerprint density at radius 2 is 1.21 bits per heavy atom. The van der Waals surface area contributed by atoms with Crippen LogP contribution >= 0.6 is 11.6 Å². The smallest absolute Gasteiger partial charge is 0.0494 e. The highest BCUT2D eigenvalue weighted by Crippen LogP contribution is 2.52. The van der Waals surface area contributed by atoms with Crippen LogP contribution in [0.4, 0.5) is 0 Å². The van der Waals surface area contributed by atoms with Gasteiger partial charge in [0.1, 0.15) is 0 Å². The van der Waals surface area contributed by atoms with E-state index in [0.29, 0.717) is 11.8 Å². The van der Waals surface area contributed by atoms with E-state index >= 15 is 0 Å². The van der Waals surface area contributed by atoms with E-state index in [0.717, 1.165) is 24.4 Å². The van der Waals surface area contributed by atoms with E-state index < -0.39 is 0 Å². The molecule has 2 heteroatoms. The molecule has 0 heterocycles. The largest absolute Gasteiger partial charge is 0.330 e.